The van der Waals surface area contributed by atoms with E-state index in [-0.39, 0.29) is 17.9 Å². The van der Waals surface area contributed by atoms with Gasteiger partial charge in [0.1, 0.15) is 0 Å². The average Bonchev–Trinajstić information content (AvgIpc) is 2.73. The predicted molar refractivity (Wildman–Crippen MR) is 64.4 cm³/mol. The molecule has 0 aromatic heterocycles. The molecular formula is C12H21N3O2. The van der Waals surface area contributed by atoms with Crippen LogP contribution in [0.4, 0.5) is 0 Å². The Kier molecular flexibility index (Phi) is 4.36. The minimum atomic E-state index is -0.000481. The first kappa shape index (κ1) is 12.4. The third kappa shape index (κ3) is 4.00. The van der Waals surface area contributed by atoms with E-state index in [9.17, 15) is 9.59 Å². The van der Waals surface area contributed by atoms with Crippen molar-refractivity contribution in [2.24, 2.45) is 5.92 Å². The highest BCUT2D eigenvalue weighted by Crippen LogP contribution is 2.15. The third-order valence-electron chi connectivity index (χ3n) is 3.52. The summed E-state index contributed by atoms with van der Waals surface area (Å²) in [5, 5.41) is 8.97. The molecule has 2 saturated heterocycles. The molecule has 2 rings (SSSR count). The van der Waals surface area contributed by atoms with Crippen molar-refractivity contribution >= 4 is 11.8 Å². The second kappa shape index (κ2) is 6.00. The highest BCUT2D eigenvalue weighted by atomic mass is 16.2. The number of amides is 2. The number of nitrogens with one attached hydrogen (secondary N) is 3. The van der Waals surface area contributed by atoms with Gasteiger partial charge < -0.3 is 16.0 Å². The van der Waals surface area contributed by atoms with E-state index in [0.29, 0.717) is 25.3 Å². The summed E-state index contributed by atoms with van der Waals surface area (Å²) in [7, 11) is 0. The fourth-order valence-corrected chi connectivity index (χ4v) is 2.51. The molecule has 2 aliphatic heterocycles. The van der Waals surface area contributed by atoms with Gasteiger partial charge in [-0.25, -0.2) is 0 Å². The van der Waals surface area contributed by atoms with Gasteiger partial charge in [-0.05, 0) is 38.3 Å². The lowest BCUT2D eigenvalue weighted by Gasteiger charge is -2.22. The van der Waals surface area contributed by atoms with Gasteiger partial charge in [-0.3, -0.25) is 9.59 Å². The zero-order valence-corrected chi connectivity index (χ0v) is 10.1. The summed E-state index contributed by atoms with van der Waals surface area (Å²) >= 11 is 0. The van der Waals surface area contributed by atoms with Crippen LogP contribution in [-0.2, 0) is 9.59 Å². The van der Waals surface area contributed by atoms with Crippen molar-refractivity contribution in [3.8, 4) is 0 Å². The van der Waals surface area contributed by atoms with E-state index in [1.807, 2.05) is 0 Å². The summed E-state index contributed by atoms with van der Waals surface area (Å²) < 4.78 is 0. The van der Waals surface area contributed by atoms with E-state index >= 15 is 0 Å². The van der Waals surface area contributed by atoms with Crippen LogP contribution in [0.1, 0.15) is 32.1 Å². The Hall–Kier alpha value is -1.10. The Morgan fingerprint density at radius 1 is 1.41 bits per heavy atom. The molecule has 0 aromatic carbocycles. The van der Waals surface area contributed by atoms with Crippen LogP contribution in [0.5, 0.6) is 0 Å². The van der Waals surface area contributed by atoms with E-state index in [4.69, 9.17) is 0 Å². The Morgan fingerprint density at radius 3 is 2.94 bits per heavy atom. The number of hydrogen-bond acceptors (Lipinski definition) is 3. The molecule has 5 heteroatoms. The summed E-state index contributed by atoms with van der Waals surface area (Å²) in [5.41, 5.74) is 0. The van der Waals surface area contributed by atoms with Gasteiger partial charge in [0.2, 0.25) is 11.8 Å². The smallest absolute Gasteiger partial charge is 0.222 e. The molecule has 96 valence electrons. The maximum atomic E-state index is 11.7. The molecule has 2 aliphatic rings. The normalized spacial score (nSPS) is 28.8. The zero-order valence-electron chi connectivity index (χ0n) is 10.1. The summed E-state index contributed by atoms with van der Waals surface area (Å²) in [5.74, 6) is 0.752. The molecule has 0 aromatic rings. The summed E-state index contributed by atoms with van der Waals surface area (Å²) in [6.07, 6.45) is 4.40. The topological polar surface area (TPSA) is 70.2 Å². The van der Waals surface area contributed by atoms with Crippen molar-refractivity contribution in [1.82, 2.24) is 16.0 Å². The monoisotopic (exact) mass is 239 g/mol. The van der Waals surface area contributed by atoms with Crippen molar-refractivity contribution in [1.29, 1.82) is 0 Å². The van der Waals surface area contributed by atoms with Gasteiger partial charge >= 0.3 is 0 Å². The van der Waals surface area contributed by atoms with E-state index < -0.39 is 0 Å². The van der Waals surface area contributed by atoms with Crippen LogP contribution in [0.2, 0.25) is 0 Å². The molecule has 2 unspecified atom stereocenters. The lowest BCUT2D eigenvalue weighted by molar-refractivity contribution is -0.122. The number of hydrogen-bond donors (Lipinski definition) is 3. The van der Waals surface area contributed by atoms with Crippen molar-refractivity contribution in [3.63, 3.8) is 0 Å². The third-order valence-corrected chi connectivity index (χ3v) is 3.52. The fraction of sp³-hybridized carbons (Fsp3) is 0.833. The van der Waals surface area contributed by atoms with Crippen LogP contribution in [0, 0.1) is 5.92 Å². The summed E-state index contributed by atoms with van der Waals surface area (Å²) in [4.78, 5) is 22.6. The van der Waals surface area contributed by atoms with Crippen LogP contribution in [0.15, 0.2) is 0 Å². The number of rotatable bonds is 4. The Labute approximate surface area is 102 Å². The second-order valence-corrected chi connectivity index (χ2v) is 5.02. The molecule has 2 heterocycles. The van der Waals surface area contributed by atoms with Gasteiger partial charge in [0.05, 0.1) is 6.04 Å². The maximum absolute atomic E-state index is 11.7. The fourth-order valence-electron chi connectivity index (χ4n) is 2.51. The zero-order chi connectivity index (χ0) is 12.1. The van der Waals surface area contributed by atoms with Crippen LogP contribution < -0.4 is 16.0 Å². The first-order valence-corrected chi connectivity index (χ1v) is 6.51. The van der Waals surface area contributed by atoms with Gasteiger partial charge in [0.25, 0.3) is 0 Å². The Balaban J connectivity index is 1.61. The molecule has 2 atom stereocenters. The first-order valence-electron chi connectivity index (χ1n) is 6.51. The van der Waals surface area contributed by atoms with Crippen LogP contribution in [-0.4, -0.2) is 37.5 Å². The molecule has 0 aliphatic carbocycles. The van der Waals surface area contributed by atoms with Crippen molar-refractivity contribution in [2.75, 3.05) is 19.6 Å². The second-order valence-electron chi connectivity index (χ2n) is 5.02. The molecule has 17 heavy (non-hydrogen) atoms. The number of piperidine rings is 1. The van der Waals surface area contributed by atoms with Gasteiger partial charge in [0, 0.05) is 19.4 Å². The molecule has 0 spiro atoms. The van der Waals surface area contributed by atoms with E-state index in [1.165, 1.54) is 12.8 Å². The largest absolute Gasteiger partial charge is 0.354 e. The number of carbonyl (C=O) groups is 2. The predicted octanol–water partition coefficient (Wildman–Crippen LogP) is -0.229. The molecule has 3 N–H and O–H groups in total. The average molecular weight is 239 g/mol. The van der Waals surface area contributed by atoms with Gasteiger partial charge in [-0.2, -0.15) is 0 Å². The van der Waals surface area contributed by atoms with Gasteiger partial charge in [-0.1, -0.05) is 0 Å². The van der Waals surface area contributed by atoms with Gasteiger partial charge in [0.15, 0.2) is 0 Å². The lowest BCUT2D eigenvalue weighted by atomic mass is 9.94. The van der Waals surface area contributed by atoms with E-state index in [2.05, 4.69) is 16.0 Å². The highest BCUT2D eigenvalue weighted by molar-refractivity contribution is 5.81. The Morgan fingerprint density at radius 2 is 2.29 bits per heavy atom. The SMILES string of the molecule is O=C1CC(NC(=O)CCC2CCCNC2)CN1. The van der Waals surface area contributed by atoms with Crippen molar-refractivity contribution in [2.45, 2.75) is 38.1 Å². The molecule has 2 amide bonds. The minimum Gasteiger partial charge on any atom is -0.354 e. The highest BCUT2D eigenvalue weighted by Gasteiger charge is 2.23. The van der Waals surface area contributed by atoms with Crippen LogP contribution >= 0.6 is 0 Å². The summed E-state index contributed by atoms with van der Waals surface area (Å²) in [6, 6.07) is -0.000481. The van der Waals surface area contributed by atoms with Crippen LogP contribution in [0.3, 0.4) is 0 Å². The first-order chi connectivity index (χ1) is 8.24. The quantitative estimate of drug-likeness (QED) is 0.635. The summed E-state index contributed by atoms with van der Waals surface area (Å²) in [6.45, 7) is 2.73. The van der Waals surface area contributed by atoms with Crippen molar-refractivity contribution < 1.29 is 9.59 Å². The molecule has 5 nitrogen and oxygen atoms in total. The molecule has 0 saturated carbocycles. The van der Waals surface area contributed by atoms with E-state index in [0.717, 1.165) is 19.5 Å². The molecular weight excluding hydrogens is 218 g/mol. The Bertz CT molecular complexity index is 287. The van der Waals surface area contributed by atoms with Gasteiger partial charge in [-0.15, -0.1) is 0 Å². The maximum Gasteiger partial charge on any atom is 0.222 e. The van der Waals surface area contributed by atoms with Crippen molar-refractivity contribution in [3.05, 3.63) is 0 Å². The standard InChI is InChI=1S/C12H21N3O2/c16-11(15-10-6-12(17)14-8-10)4-3-9-2-1-5-13-7-9/h9-10,13H,1-8H2,(H,14,17)(H,15,16). The lowest BCUT2D eigenvalue weighted by Crippen LogP contribution is -2.37. The van der Waals surface area contributed by atoms with Crippen LogP contribution in [0.25, 0.3) is 0 Å². The molecule has 0 bridgehead atoms. The van der Waals surface area contributed by atoms with E-state index in [1.54, 1.807) is 0 Å². The molecule has 2 fully saturated rings. The minimum absolute atomic E-state index is 0.000481. The molecule has 0 radical (unpaired) electrons. The number of carbonyl (C=O) groups excluding carboxylic acids is 2.